The number of benzene rings is 1. The summed E-state index contributed by atoms with van der Waals surface area (Å²) < 4.78 is 0. The van der Waals surface area contributed by atoms with E-state index in [1.165, 1.54) is 30.5 Å². The fraction of sp³-hybridized carbons (Fsp3) is 0.478. The van der Waals surface area contributed by atoms with E-state index in [1.54, 1.807) is 0 Å². The molecule has 29 heavy (non-hydrogen) atoms. The molecule has 0 bridgehead atoms. The van der Waals surface area contributed by atoms with E-state index in [0.29, 0.717) is 18.1 Å². The minimum Gasteiger partial charge on any atom is -0.341 e. The fourth-order valence-electron chi connectivity index (χ4n) is 5.16. The normalized spacial score (nSPS) is 24.3. The highest BCUT2D eigenvalue weighted by Gasteiger charge is 2.34. The molecule has 3 unspecified atom stereocenters. The zero-order chi connectivity index (χ0) is 18.9. The van der Waals surface area contributed by atoms with E-state index < -0.39 is 0 Å². The molecule has 0 radical (unpaired) electrons. The van der Waals surface area contributed by atoms with Gasteiger partial charge in [0.25, 0.3) is 0 Å². The van der Waals surface area contributed by atoms with Crippen molar-refractivity contribution in [1.82, 2.24) is 19.9 Å². The average molecular weight is 456 g/mol. The SMILES string of the molecule is Br.NC1CCCC(N(Cc2nc3ccccc3[nH]2)C2CCCc3cccnc32)C1. The molecule has 2 aliphatic rings. The number of H-pyrrole nitrogens is 1. The second kappa shape index (κ2) is 8.94. The molecule has 2 aromatic heterocycles. The topological polar surface area (TPSA) is 70.8 Å². The Morgan fingerprint density at radius 1 is 1.07 bits per heavy atom. The van der Waals surface area contributed by atoms with Crippen LogP contribution in [0.4, 0.5) is 0 Å². The number of hydrogen-bond donors (Lipinski definition) is 2. The van der Waals surface area contributed by atoms with Crippen LogP contribution in [-0.4, -0.2) is 31.9 Å². The lowest BCUT2D eigenvalue weighted by Gasteiger charge is -2.42. The summed E-state index contributed by atoms with van der Waals surface area (Å²) in [4.78, 5) is 15.9. The Bertz CT molecular complexity index is 922. The molecule has 2 heterocycles. The molecule has 0 aliphatic heterocycles. The Balaban J connectivity index is 0.00000205. The Kier molecular flexibility index (Phi) is 6.32. The van der Waals surface area contributed by atoms with Gasteiger partial charge in [-0.2, -0.15) is 0 Å². The van der Waals surface area contributed by atoms with Crippen LogP contribution in [0.25, 0.3) is 11.0 Å². The zero-order valence-electron chi connectivity index (χ0n) is 16.8. The molecule has 154 valence electrons. The number of pyridine rings is 1. The van der Waals surface area contributed by atoms with Gasteiger partial charge in [0, 0.05) is 18.3 Å². The monoisotopic (exact) mass is 455 g/mol. The standard InChI is InChI=1S/C23H29N5.BrH/c24-17-8-4-9-18(14-17)28(15-22-26-19-10-1-2-11-20(19)27-22)21-12-3-6-16-7-5-13-25-23(16)21;/h1-2,5,7,10-11,13,17-18,21H,3-4,6,8-9,12,14-15,24H2,(H,26,27);1H. The summed E-state index contributed by atoms with van der Waals surface area (Å²) in [5.41, 5.74) is 11.2. The quantitative estimate of drug-likeness (QED) is 0.598. The number of aryl methyl sites for hydroxylation is 1. The van der Waals surface area contributed by atoms with Crippen molar-refractivity contribution in [2.75, 3.05) is 0 Å². The molecule has 5 rings (SSSR count). The lowest BCUT2D eigenvalue weighted by Crippen LogP contribution is -2.45. The maximum absolute atomic E-state index is 6.38. The smallest absolute Gasteiger partial charge is 0.121 e. The molecule has 6 heteroatoms. The first-order valence-corrected chi connectivity index (χ1v) is 10.7. The lowest BCUT2D eigenvalue weighted by atomic mass is 9.85. The van der Waals surface area contributed by atoms with Crippen LogP contribution in [0, 0.1) is 0 Å². The highest BCUT2D eigenvalue weighted by atomic mass is 79.9. The van der Waals surface area contributed by atoms with Gasteiger partial charge in [0.1, 0.15) is 5.82 Å². The number of aromatic nitrogens is 3. The number of nitrogens with one attached hydrogen (secondary N) is 1. The molecule has 0 spiro atoms. The molecular formula is C23H30BrN5. The van der Waals surface area contributed by atoms with Crippen molar-refractivity contribution < 1.29 is 0 Å². The van der Waals surface area contributed by atoms with Gasteiger partial charge in [-0.15, -0.1) is 17.0 Å². The summed E-state index contributed by atoms with van der Waals surface area (Å²) in [5.74, 6) is 1.04. The summed E-state index contributed by atoms with van der Waals surface area (Å²) >= 11 is 0. The molecule has 3 aromatic rings. The van der Waals surface area contributed by atoms with Gasteiger partial charge < -0.3 is 10.7 Å². The van der Waals surface area contributed by atoms with E-state index in [2.05, 4.69) is 40.2 Å². The van der Waals surface area contributed by atoms with Crippen molar-refractivity contribution in [2.45, 2.75) is 69.6 Å². The third-order valence-electron chi connectivity index (χ3n) is 6.49. The van der Waals surface area contributed by atoms with Crippen LogP contribution in [0.15, 0.2) is 42.6 Å². The number of imidazole rings is 1. The van der Waals surface area contributed by atoms with Crippen molar-refractivity contribution in [3.63, 3.8) is 0 Å². The van der Waals surface area contributed by atoms with E-state index in [9.17, 15) is 0 Å². The largest absolute Gasteiger partial charge is 0.341 e. The maximum Gasteiger partial charge on any atom is 0.121 e. The van der Waals surface area contributed by atoms with Crippen LogP contribution in [0.2, 0.25) is 0 Å². The third kappa shape index (κ3) is 4.25. The van der Waals surface area contributed by atoms with E-state index >= 15 is 0 Å². The number of nitrogens with zero attached hydrogens (tertiary/aromatic N) is 3. The van der Waals surface area contributed by atoms with Gasteiger partial charge in [0.15, 0.2) is 0 Å². The highest BCUT2D eigenvalue weighted by Crippen LogP contribution is 2.37. The van der Waals surface area contributed by atoms with Crippen LogP contribution >= 0.6 is 17.0 Å². The molecule has 0 amide bonds. The van der Waals surface area contributed by atoms with Crippen molar-refractivity contribution in [1.29, 1.82) is 0 Å². The summed E-state index contributed by atoms with van der Waals surface area (Å²) in [6, 6.07) is 13.8. The first-order valence-electron chi connectivity index (χ1n) is 10.7. The molecule has 0 saturated heterocycles. The molecule has 2 aliphatic carbocycles. The summed E-state index contributed by atoms with van der Waals surface area (Å²) in [6.07, 6.45) is 10.1. The van der Waals surface area contributed by atoms with Gasteiger partial charge >= 0.3 is 0 Å². The predicted octanol–water partition coefficient (Wildman–Crippen LogP) is 4.69. The minimum atomic E-state index is 0. The van der Waals surface area contributed by atoms with Crippen molar-refractivity contribution in [2.24, 2.45) is 5.73 Å². The molecular weight excluding hydrogens is 426 g/mol. The fourth-order valence-corrected chi connectivity index (χ4v) is 5.16. The van der Waals surface area contributed by atoms with Crippen LogP contribution in [0.5, 0.6) is 0 Å². The molecule has 1 saturated carbocycles. The second-order valence-electron chi connectivity index (χ2n) is 8.41. The van der Waals surface area contributed by atoms with Crippen molar-refractivity contribution >= 4 is 28.0 Å². The van der Waals surface area contributed by atoms with E-state index in [1.807, 2.05) is 12.3 Å². The van der Waals surface area contributed by atoms with Gasteiger partial charge in [-0.25, -0.2) is 4.98 Å². The molecule has 5 nitrogen and oxygen atoms in total. The third-order valence-corrected chi connectivity index (χ3v) is 6.49. The number of fused-ring (bicyclic) bond motifs is 2. The predicted molar refractivity (Wildman–Crippen MR) is 122 cm³/mol. The number of halogens is 1. The number of aromatic amines is 1. The summed E-state index contributed by atoms with van der Waals surface area (Å²) in [6.45, 7) is 0.826. The average Bonchev–Trinajstić information content (AvgIpc) is 3.14. The molecule has 3 N–H and O–H groups in total. The summed E-state index contributed by atoms with van der Waals surface area (Å²) in [7, 11) is 0. The van der Waals surface area contributed by atoms with Crippen molar-refractivity contribution in [3.8, 4) is 0 Å². The molecule has 1 aromatic carbocycles. The first kappa shape index (κ1) is 20.5. The number of hydrogen-bond acceptors (Lipinski definition) is 4. The van der Waals surface area contributed by atoms with E-state index in [4.69, 9.17) is 15.7 Å². The van der Waals surface area contributed by atoms with Gasteiger partial charge in [0.05, 0.1) is 29.3 Å². The lowest BCUT2D eigenvalue weighted by molar-refractivity contribution is 0.0745. The number of nitrogens with two attached hydrogens (primary N) is 1. The Hall–Kier alpha value is -1.76. The Labute approximate surface area is 182 Å². The maximum atomic E-state index is 6.38. The first-order chi connectivity index (χ1) is 13.8. The van der Waals surface area contributed by atoms with Gasteiger partial charge in [-0.1, -0.05) is 24.6 Å². The summed E-state index contributed by atoms with van der Waals surface area (Å²) in [5, 5.41) is 0. The van der Waals surface area contributed by atoms with Crippen LogP contribution in [0.3, 0.4) is 0 Å². The molecule has 1 fully saturated rings. The van der Waals surface area contributed by atoms with E-state index in [-0.39, 0.29) is 17.0 Å². The second-order valence-corrected chi connectivity index (χ2v) is 8.41. The van der Waals surface area contributed by atoms with Crippen LogP contribution in [-0.2, 0) is 13.0 Å². The highest BCUT2D eigenvalue weighted by molar-refractivity contribution is 8.93. The van der Waals surface area contributed by atoms with E-state index in [0.717, 1.165) is 49.1 Å². The van der Waals surface area contributed by atoms with Gasteiger partial charge in [-0.3, -0.25) is 9.88 Å². The Morgan fingerprint density at radius 2 is 1.97 bits per heavy atom. The van der Waals surface area contributed by atoms with Crippen LogP contribution in [0.1, 0.15) is 61.6 Å². The van der Waals surface area contributed by atoms with Gasteiger partial charge in [-0.05, 0) is 62.3 Å². The minimum absolute atomic E-state index is 0. The Morgan fingerprint density at radius 3 is 2.83 bits per heavy atom. The van der Waals surface area contributed by atoms with Crippen LogP contribution < -0.4 is 5.73 Å². The zero-order valence-corrected chi connectivity index (χ0v) is 18.5. The van der Waals surface area contributed by atoms with Gasteiger partial charge in [0.2, 0.25) is 0 Å². The number of para-hydroxylation sites is 2. The van der Waals surface area contributed by atoms with Crippen molar-refractivity contribution in [3.05, 3.63) is 59.7 Å². The molecule has 3 atom stereocenters. The number of rotatable bonds is 4.